The van der Waals surface area contributed by atoms with Gasteiger partial charge in [0, 0.05) is 41.4 Å². The highest BCUT2D eigenvalue weighted by molar-refractivity contribution is 7.07. The highest BCUT2D eigenvalue weighted by Gasteiger charge is 2.09. The first-order valence-corrected chi connectivity index (χ1v) is 10.1. The number of halogens is 1. The number of benzene rings is 2. The third-order valence-electron chi connectivity index (χ3n) is 4.26. The number of thiazole rings is 1. The lowest BCUT2D eigenvalue weighted by molar-refractivity contribution is 0.559. The number of imidazole rings is 1. The van der Waals surface area contributed by atoms with Crippen LogP contribution in [0.4, 0.5) is 5.69 Å². The lowest BCUT2D eigenvalue weighted by Gasteiger charge is -2.10. The van der Waals surface area contributed by atoms with E-state index in [-0.39, 0.29) is 0 Å². The zero-order valence-electron chi connectivity index (χ0n) is 14.7. The highest BCUT2D eigenvalue weighted by atomic mass is 35.5. The van der Waals surface area contributed by atoms with E-state index in [1.54, 1.807) is 11.3 Å². The molecule has 0 aliphatic rings. The molecule has 136 valence electrons. The fraction of sp³-hybridized carbons (Fsp3) is 0.143. The molecule has 4 rings (SSSR count). The van der Waals surface area contributed by atoms with Crippen LogP contribution in [0.25, 0.3) is 11.3 Å². The predicted octanol–water partition coefficient (Wildman–Crippen LogP) is 5.39. The second-order valence-electron chi connectivity index (χ2n) is 6.17. The standard InChI is InChI=1S/C21H19ClN4S/c22-18-7-4-6-17(14-18)20-15-27-21(24-19-8-2-1-3-9-19)26(20)12-5-11-25-13-10-23-16-25/h1-4,6-10,13-16H,5,11-12H2. The van der Waals surface area contributed by atoms with Crippen LogP contribution in [0.2, 0.25) is 5.02 Å². The molecule has 2 aromatic carbocycles. The molecular weight excluding hydrogens is 376 g/mol. The Morgan fingerprint density at radius 2 is 1.93 bits per heavy atom. The maximum atomic E-state index is 6.22. The van der Waals surface area contributed by atoms with Crippen molar-refractivity contribution in [2.24, 2.45) is 4.99 Å². The molecule has 0 amide bonds. The molecule has 6 heteroatoms. The molecule has 2 aromatic heterocycles. The van der Waals surface area contributed by atoms with Crippen molar-refractivity contribution in [2.45, 2.75) is 19.5 Å². The molecule has 2 heterocycles. The number of hydrogen-bond donors (Lipinski definition) is 0. The van der Waals surface area contributed by atoms with Gasteiger partial charge in [-0.3, -0.25) is 0 Å². The summed E-state index contributed by atoms with van der Waals surface area (Å²) in [6.45, 7) is 1.79. The van der Waals surface area contributed by atoms with Gasteiger partial charge >= 0.3 is 0 Å². The van der Waals surface area contributed by atoms with Crippen LogP contribution in [0.15, 0.2) is 83.7 Å². The lowest BCUT2D eigenvalue weighted by atomic mass is 10.2. The molecule has 0 N–H and O–H groups in total. The van der Waals surface area contributed by atoms with Gasteiger partial charge < -0.3 is 9.13 Å². The Bertz CT molecular complexity index is 1070. The molecule has 0 atom stereocenters. The Hall–Kier alpha value is -2.63. The van der Waals surface area contributed by atoms with Crippen LogP contribution < -0.4 is 4.80 Å². The zero-order valence-corrected chi connectivity index (χ0v) is 16.3. The summed E-state index contributed by atoms with van der Waals surface area (Å²) in [5.74, 6) is 0. The van der Waals surface area contributed by atoms with Gasteiger partial charge in [0.25, 0.3) is 0 Å². The molecule has 0 aliphatic carbocycles. The van der Waals surface area contributed by atoms with E-state index in [2.05, 4.69) is 25.6 Å². The van der Waals surface area contributed by atoms with E-state index in [0.717, 1.165) is 46.3 Å². The Kier molecular flexibility index (Phi) is 5.51. The van der Waals surface area contributed by atoms with Crippen molar-refractivity contribution >= 4 is 28.6 Å². The molecule has 0 spiro atoms. The average molecular weight is 395 g/mol. The first-order chi connectivity index (χ1) is 13.3. The van der Waals surface area contributed by atoms with Crippen LogP contribution in [0.1, 0.15) is 6.42 Å². The van der Waals surface area contributed by atoms with E-state index >= 15 is 0 Å². The van der Waals surface area contributed by atoms with Gasteiger partial charge in [-0.25, -0.2) is 9.98 Å². The maximum absolute atomic E-state index is 6.22. The van der Waals surface area contributed by atoms with Gasteiger partial charge in [0.05, 0.1) is 17.7 Å². The van der Waals surface area contributed by atoms with E-state index in [4.69, 9.17) is 16.6 Å². The fourth-order valence-corrected chi connectivity index (χ4v) is 4.10. The van der Waals surface area contributed by atoms with Gasteiger partial charge in [0.1, 0.15) is 0 Å². The van der Waals surface area contributed by atoms with Gasteiger partial charge in [-0.15, -0.1) is 11.3 Å². The third-order valence-corrected chi connectivity index (χ3v) is 5.35. The molecule has 0 unspecified atom stereocenters. The molecule has 0 saturated heterocycles. The van der Waals surface area contributed by atoms with E-state index < -0.39 is 0 Å². The molecular formula is C21H19ClN4S. The van der Waals surface area contributed by atoms with Crippen LogP contribution in [-0.2, 0) is 13.1 Å². The number of aryl methyl sites for hydroxylation is 1. The SMILES string of the molecule is Clc1cccc(-c2csc(=Nc3ccccc3)n2CCCn2ccnc2)c1. The van der Waals surface area contributed by atoms with Crippen molar-refractivity contribution < 1.29 is 0 Å². The summed E-state index contributed by atoms with van der Waals surface area (Å²) in [6, 6.07) is 18.0. The van der Waals surface area contributed by atoms with Gasteiger partial charge in [-0.1, -0.05) is 41.9 Å². The third kappa shape index (κ3) is 4.38. The van der Waals surface area contributed by atoms with Gasteiger partial charge in [0.15, 0.2) is 4.80 Å². The Balaban J connectivity index is 1.69. The molecule has 4 aromatic rings. The smallest absolute Gasteiger partial charge is 0.190 e. The first-order valence-electron chi connectivity index (χ1n) is 8.79. The summed E-state index contributed by atoms with van der Waals surface area (Å²) in [5, 5.41) is 2.90. The minimum absolute atomic E-state index is 0.741. The van der Waals surface area contributed by atoms with E-state index in [9.17, 15) is 0 Å². The molecule has 0 radical (unpaired) electrons. The molecule has 27 heavy (non-hydrogen) atoms. The van der Waals surface area contributed by atoms with Crippen molar-refractivity contribution in [1.29, 1.82) is 0 Å². The summed E-state index contributed by atoms with van der Waals surface area (Å²) in [7, 11) is 0. The van der Waals surface area contributed by atoms with Crippen molar-refractivity contribution in [3.63, 3.8) is 0 Å². The number of aromatic nitrogens is 3. The van der Waals surface area contributed by atoms with Crippen molar-refractivity contribution in [3.8, 4) is 11.3 Å². The predicted molar refractivity (Wildman–Crippen MR) is 111 cm³/mol. The van der Waals surface area contributed by atoms with Crippen LogP contribution >= 0.6 is 22.9 Å². The highest BCUT2D eigenvalue weighted by Crippen LogP contribution is 2.24. The number of para-hydroxylation sites is 1. The van der Waals surface area contributed by atoms with E-state index in [1.807, 2.05) is 67.3 Å². The van der Waals surface area contributed by atoms with E-state index in [0.29, 0.717) is 0 Å². The lowest BCUT2D eigenvalue weighted by Crippen LogP contribution is -2.17. The van der Waals surface area contributed by atoms with Crippen molar-refractivity contribution in [3.05, 3.63) is 88.5 Å². The van der Waals surface area contributed by atoms with Gasteiger partial charge in [-0.2, -0.15) is 0 Å². The topological polar surface area (TPSA) is 35.1 Å². The normalized spacial score (nSPS) is 11.8. The van der Waals surface area contributed by atoms with Crippen LogP contribution in [0, 0.1) is 0 Å². The zero-order chi connectivity index (χ0) is 18.5. The fourth-order valence-electron chi connectivity index (χ4n) is 2.96. The van der Waals surface area contributed by atoms with Crippen molar-refractivity contribution in [2.75, 3.05) is 0 Å². The largest absolute Gasteiger partial charge is 0.337 e. The monoisotopic (exact) mass is 394 g/mol. The summed E-state index contributed by atoms with van der Waals surface area (Å²) in [6.07, 6.45) is 6.64. The van der Waals surface area contributed by atoms with E-state index in [1.165, 1.54) is 0 Å². The second-order valence-corrected chi connectivity index (χ2v) is 7.44. The van der Waals surface area contributed by atoms with Crippen LogP contribution in [-0.4, -0.2) is 14.1 Å². The molecule has 0 saturated carbocycles. The first kappa shape index (κ1) is 17.8. The Morgan fingerprint density at radius 1 is 1.04 bits per heavy atom. The quantitative estimate of drug-likeness (QED) is 0.431. The molecule has 0 fully saturated rings. The van der Waals surface area contributed by atoms with Crippen LogP contribution in [0.3, 0.4) is 0 Å². The average Bonchev–Trinajstić information content (AvgIpc) is 3.33. The number of rotatable bonds is 6. The summed E-state index contributed by atoms with van der Waals surface area (Å²) < 4.78 is 4.38. The maximum Gasteiger partial charge on any atom is 0.190 e. The molecule has 4 nitrogen and oxygen atoms in total. The summed E-state index contributed by atoms with van der Waals surface area (Å²) in [5.41, 5.74) is 3.21. The Labute approximate surface area is 167 Å². The molecule has 0 aliphatic heterocycles. The summed E-state index contributed by atoms with van der Waals surface area (Å²) in [4.78, 5) is 9.95. The second kappa shape index (κ2) is 8.37. The van der Waals surface area contributed by atoms with Crippen molar-refractivity contribution in [1.82, 2.24) is 14.1 Å². The Morgan fingerprint density at radius 3 is 2.70 bits per heavy atom. The van der Waals surface area contributed by atoms with Gasteiger partial charge in [-0.05, 0) is 30.7 Å². The minimum atomic E-state index is 0.741. The van der Waals surface area contributed by atoms with Gasteiger partial charge in [0.2, 0.25) is 0 Å². The number of hydrogen-bond acceptors (Lipinski definition) is 3. The number of nitrogens with zero attached hydrogens (tertiary/aromatic N) is 4. The summed E-state index contributed by atoms with van der Waals surface area (Å²) >= 11 is 7.87. The van der Waals surface area contributed by atoms with Crippen LogP contribution in [0.5, 0.6) is 0 Å². The minimum Gasteiger partial charge on any atom is -0.337 e. The molecule has 0 bridgehead atoms.